The van der Waals surface area contributed by atoms with E-state index in [2.05, 4.69) is 21.3 Å². The van der Waals surface area contributed by atoms with Gasteiger partial charge in [-0.2, -0.15) is 11.8 Å². The minimum Gasteiger partial charge on any atom is -0.356 e. The highest BCUT2D eigenvalue weighted by Gasteiger charge is 2.42. The van der Waals surface area contributed by atoms with Crippen LogP contribution in [0.5, 0.6) is 0 Å². The fourth-order valence-corrected chi connectivity index (χ4v) is 7.39. The third kappa shape index (κ3) is 14.7. The van der Waals surface area contributed by atoms with Crippen LogP contribution < -0.4 is 21.3 Å². The van der Waals surface area contributed by atoms with Crippen molar-refractivity contribution in [2.75, 3.05) is 31.6 Å². The fourth-order valence-electron chi connectivity index (χ4n) is 4.95. The summed E-state index contributed by atoms with van der Waals surface area (Å²) >= 11 is 1.92. The van der Waals surface area contributed by atoms with Gasteiger partial charge in [-0.15, -0.1) is 4.52 Å². The van der Waals surface area contributed by atoms with Gasteiger partial charge in [0.2, 0.25) is 11.8 Å². The quantitative estimate of drug-likeness (QED) is 0.0773. The predicted octanol–water partition coefficient (Wildman–Crippen LogP) is 5.01. The molecule has 4 amide bonds. The molecule has 0 aromatic carbocycles. The van der Waals surface area contributed by atoms with E-state index >= 15 is 0 Å². The standard InChI is InChI=1S/C27H49N4O5PS/c1-2-36-37(35)20-14-7-5-3-4-6-9-16-24(32)28-18-12-8-13-19-29-25(33)17-11-10-15-23-26-22(21-38-23)30-27(34)31-26/h22-23,26H,2-21H2,1H3,(H3-,28,29,30,31,32,33,34)/p+1/t22-,23-,26-/m0/s1. The maximum Gasteiger partial charge on any atom is 0.508 e. The van der Waals surface area contributed by atoms with Crippen LogP contribution in [0.25, 0.3) is 0 Å². The molecule has 0 spiro atoms. The number of thioether (sulfide) groups is 1. The molecule has 2 heterocycles. The van der Waals surface area contributed by atoms with Crippen molar-refractivity contribution < 1.29 is 23.5 Å². The Balaban J connectivity index is 1.29. The molecule has 2 rings (SSSR count). The first-order valence-corrected chi connectivity index (χ1v) is 17.2. The highest BCUT2D eigenvalue weighted by Crippen LogP contribution is 2.33. The van der Waals surface area contributed by atoms with Crippen LogP contribution >= 0.6 is 19.8 Å². The number of carbonyl (C=O) groups is 3. The summed E-state index contributed by atoms with van der Waals surface area (Å²) in [6.07, 6.45) is 15.1. The van der Waals surface area contributed by atoms with Gasteiger partial charge < -0.3 is 21.3 Å². The minimum absolute atomic E-state index is 0.0489. The summed E-state index contributed by atoms with van der Waals surface area (Å²) in [6.45, 7) is 3.78. The Hall–Kier alpha value is -1.38. The molecule has 218 valence electrons. The molecule has 4 atom stereocenters. The molecule has 0 bridgehead atoms. The zero-order valence-electron chi connectivity index (χ0n) is 23.3. The van der Waals surface area contributed by atoms with E-state index in [9.17, 15) is 18.9 Å². The second-order valence-corrected chi connectivity index (χ2v) is 13.0. The molecule has 0 saturated carbocycles. The number of hydrogen-bond donors (Lipinski definition) is 4. The van der Waals surface area contributed by atoms with Crippen molar-refractivity contribution in [3.63, 3.8) is 0 Å². The molecule has 0 aromatic heterocycles. The van der Waals surface area contributed by atoms with Crippen molar-refractivity contribution in [3.8, 4) is 0 Å². The summed E-state index contributed by atoms with van der Waals surface area (Å²) in [4.78, 5) is 35.4. The van der Waals surface area contributed by atoms with Gasteiger partial charge >= 0.3 is 14.1 Å². The number of carbonyl (C=O) groups excluding carboxylic acids is 3. The van der Waals surface area contributed by atoms with E-state index in [1.165, 1.54) is 6.42 Å². The van der Waals surface area contributed by atoms with Crippen LogP contribution in [-0.4, -0.2) is 66.8 Å². The maximum atomic E-state index is 12.0. The van der Waals surface area contributed by atoms with Crippen LogP contribution in [0.1, 0.15) is 103 Å². The molecule has 11 heteroatoms. The normalized spacial score (nSPS) is 20.5. The van der Waals surface area contributed by atoms with E-state index in [1.807, 2.05) is 18.7 Å². The molecule has 0 aromatic rings. The number of fused-ring (bicyclic) bond motifs is 1. The van der Waals surface area contributed by atoms with Gasteiger partial charge in [-0.25, -0.2) is 4.79 Å². The average molecular weight is 574 g/mol. The van der Waals surface area contributed by atoms with Crippen molar-refractivity contribution in [3.05, 3.63) is 0 Å². The Bertz CT molecular complexity index is 730. The average Bonchev–Trinajstić information content (AvgIpc) is 3.44. The molecular weight excluding hydrogens is 523 g/mol. The van der Waals surface area contributed by atoms with Gasteiger partial charge in [0.1, 0.15) is 0 Å². The van der Waals surface area contributed by atoms with E-state index in [4.69, 9.17) is 4.52 Å². The van der Waals surface area contributed by atoms with Crippen molar-refractivity contribution >= 4 is 37.6 Å². The van der Waals surface area contributed by atoms with E-state index < -0.39 is 8.03 Å². The summed E-state index contributed by atoms with van der Waals surface area (Å²) in [6, 6.07) is 0.453. The molecule has 9 nitrogen and oxygen atoms in total. The summed E-state index contributed by atoms with van der Waals surface area (Å²) in [7, 11) is -1.46. The van der Waals surface area contributed by atoms with Gasteiger partial charge in [-0.1, -0.05) is 32.1 Å². The molecule has 1 unspecified atom stereocenters. The molecule has 2 aliphatic rings. The number of hydrogen-bond acceptors (Lipinski definition) is 6. The Labute approximate surface area is 234 Å². The second-order valence-electron chi connectivity index (χ2n) is 10.3. The Morgan fingerprint density at radius 2 is 1.45 bits per heavy atom. The van der Waals surface area contributed by atoms with Crippen molar-refractivity contribution in [2.45, 2.75) is 121 Å². The molecule has 2 aliphatic heterocycles. The molecule has 0 radical (unpaired) electrons. The van der Waals surface area contributed by atoms with Gasteiger partial charge in [0, 0.05) is 36.9 Å². The van der Waals surface area contributed by atoms with E-state index in [-0.39, 0.29) is 29.9 Å². The van der Waals surface area contributed by atoms with Crippen molar-refractivity contribution in [2.24, 2.45) is 0 Å². The fraction of sp³-hybridized carbons (Fsp3) is 0.889. The number of amides is 4. The van der Waals surface area contributed by atoms with E-state index in [0.717, 1.165) is 82.8 Å². The maximum absolute atomic E-state index is 12.0. The Morgan fingerprint density at radius 1 is 0.868 bits per heavy atom. The van der Waals surface area contributed by atoms with Crippen molar-refractivity contribution in [1.29, 1.82) is 0 Å². The first-order chi connectivity index (χ1) is 18.5. The first kappa shape index (κ1) is 32.8. The lowest BCUT2D eigenvalue weighted by Gasteiger charge is -2.16. The van der Waals surface area contributed by atoms with Crippen LogP contribution in [0.2, 0.25) is 0 Å². The van der Waals surface area contributed by atoms with E-state index in [1.54, 1.807) is 0 Å². The number of unbranched alkanes of at least 4 members (excludes halogenated alkanes) is 9. The molecule has 2 saturated heterocycles. The summed E-state index contributed by atoms with van der Waals surface area (Å²) in [5.41, 5.74) is 0. The van der Waals surface area contributed by atoms with E-state index in [0.29, 0.717) is 43.9 Å². The zero-order chi connectivity index (χ0) is 27.4. The first-order valence-electron chi connectivity index (χ1n) is 14.8. The van der Waals surface area contributed by atoms with Gasteiger partial charge in [0.05, 0.1) is 18.7 Å². The summed E-state index contributed by atoms with van der Waals surface area (Å²) in [5, 5.41) is 12.4. The van der Waals surface area contributed by atoms with Crippen LogP contribution in [0.4, 0.5) is 4.79 Å². The Morgan fingerprint density at radius 3 is 2.11 bits per heavy atom. The van der Waals surface area contributed by atoms with Crippen LogP contribution in [0.3, 0.4) is 0 Å². The Kier molecular flexibility index (Phi) is 17.7. The van der Waals surface area contributed by atoms with Gasteiger partial charge in [0.15, 0.2) is 6.16 Å². The number of nitrogens with one attached hydrogen (secondary N) is 4. The minimum atomic E-state index is -1.46. The SMILES string of the molecule is CCO[P+](=O)CCCCCCCCCC(=O)NCCCCCNC(=O)CCCC[C@@H]1SC[C@@H]2NC(=O)N[C@@H]21. The van der Waals surface area contributed by atoms with Crippen molar-refractivity contribution in [1.82, 2.24) is 21.3 Å². The molecule has 2 fully saturated rings. The molecular formula is C27H50N4O5PS+. The van der Waals surface area contributed by atoms with Crippen LogP contribution in [0.15, 0.2) is 0 Å². The topological polar surface area (TPSA) is 126 Å². The third-order valence-electron chi connectivity index (χ3n) is 7.10. The number of urea groups is 1. The summed E-state index contributed by atoms with van der Waals surface area (Å²) < 4.78 is 16.5. The predicted molar refractivity (Wildman–Crippen MR) is 155 cm³/mol. The molecule has 38 heavy (non-hydrogen) atoms. The lowest BCUT2D eigenvalue weighted by Crippen LogP contribution is -2.36. The largest absolute Gasteiger partial charge is 0.508 e. The highest BCUT2D eigenvalue weighted by atomic mass is 32.2. The molecule has 4 N–H and O–H groups in total. The van der Waals surface area contributed by atoms with Crippen LogP contribution in [-0.2, 0) is 18.7 Å². The lowest BCUT2D eigenvalue weighted by atomic mass is 10.0. The second kappa shape index (κ2) is 20.5. The molecule has 0 aliphatic carbocycles. The zero-order valence-corrected chi connectivity index (χ0v) is 25.0. The van der Waals surface area contributed by atoms with Gasteiger partial charge in [-0.05, 0) is 62.9 Å². The smallest absolute Gasteiger partial charge is 0.356 e. The summed E-state index contributed by atoms with van der Waals surface area (Å²) in [5.74, 6) is 1.22. The van der Waals surface area contributed by atoms with Crippen LogP contribution in [0, 0.1) is 0 Å². The van der Waals surface area contributed by atoms with Gasteiger partial charge in [-0.3, -0.25) is 9.59 Å². The lowest BCUT2D eigenvalue weighted by molar-refractivity contribution is -0.121. The highest BCUT2D eigenvalue weighted by molar-refractivity contribution is 8.00. The monoisotopic (exact) mass is 573 g/mol. The number of rotatable bonds is 23. The third-order valence-corrected chi connectivity index (χ3v) is 9.83. The van der Waals surface area contributed by atoms with Gasteiger partial charge in [0.25, 0.3) is 0 Å².